The molecule has 6 nitrogen and oxygen atoms in total. The first-order chi connectivity index (χ1) is 12.9. The molecule has 0 radical (unpaired) electrons. The van der Waals surface area contributed by atoms with Crippen LogP contribution in [-0.2, 0) is 21.6 Å². The SMILES string of the molecule is COc1cc(C=CS(=O)CS(=O)/C=C/c2ccc(O)c(OC)c2)ccc1O. The quantitative estimate of drug-likeness (QED) is 0.697. The first kappa shape index (κ1) is 20.7. The molecule has 2 rings (SSSR count). The van der Waals surface area contributed by atoms with Crippen molar-refractivity contribution in [2.24, 2.45) is 0 Å². The summed E-state index contributed by atoms with van der Waals surface area (Å²) >= 11 is 0. The van der Waals surface area contributed by atoms with Crippen LogP contribution in [0.4, 0.5) is 0 Å². The van der Waals surface area contributed by atoms with Crippen molar-refractivity contribution in [3.63, 3.8) is 0 Å². The van der Waals surface area contributed by atoms with E-state index in [2.05, 4.69) is 0 Å². The maximum Gasteiger partial charge on any atom is 0.161 e. The van der Waals surface area contributed by atoms with Crippen LogP contribution in [0.1, 0.15) is 11.1 Å². The van der Waals surface area contributed by atoms with Gasteiger partial charge in [-0.15, -0.1) is 0 Å². The van der Waals surface area contributed by atoms with Crippen LogP contribution >= 0.6 is 0 Å². The minimum Gasteiger partial charge on any atom is -0.504 e. The summed E-state index contributed by atoms with van der Waals surface area (Å²) < 4.78 is 34.2. The molecular formula is C19H20O6S2. The fourth-order valence-electron chi connectivity index (χ4n) is 2.10. The molecule has 2 unspecified atom stereocenters. The molecule has 144 valence electrons. The third kappa shape index (κ3) is 6.26. The summed E-state index contributed by atoms with van der Waals surface area (Å²) in [5.41, 5.74) is 1.41. The van der Waals surface area contributed by atoms with Crippen LogP contribution in [0, 0.1) is 0 Å². The molecule has 0 heterocycles. The Morgan fingerprint density at radius 2 is 1.22 bits per heavy atom. The Labute approximate surface area is 162 Å². The number of rotatable bonds is 8. The predicted octanol–water partition coefficient (Wildman–Crippen LogP) is 3.21. The highest BCUT2D eigenvalue weighted by atomic mass is 32.2. The van der Waals surface area contributed by atoms with Crippen LogP contribution in [0.15, 0.2) is 47.2 Å². The zero-order valence-corrected chi connectivity index (χ0v) is 16.5. The number of methoxy groups -OCH3 is 2. The fourth-order valence-corrected chi connectivity index (χ4v) is 4.26. The molecule has 8 heteroatoms. The van der Waals surface area contributed by atoms with Crippen LogP contribution < -0.4 is 9.47 Å². The van der Waals surface area contributed by atoms with Crippen LogP contribution in [0.25, 0.3) is 12.2 Å². The number of aromatic hydroxyl groups is 2. The molecule has 0 spiro atoms. The molecule has 0 saturated heterocycles. The normalized spacial score (nSPS) is 13.7. The molecule has 0 fully saturated rings. The monoisotopic (exact) mass is 408 g/mol. The van der Waals surface area contributed by atoms with E-state index >= 15 is 0 Å². The van der Waals surface area contributed by atoms with Crippen molar-refractivity contribution in [3.05, 3.63) is 58.3 Å². The lowest BCUT2D eigenvalue weighted by Gasteiger charge is -2.03. The standard InChI is InChI=1S/C19H20O6S2/c1-24-18-11-14(3-5-16(18)20)7-9-26(22)13-27(23)10-8-15-4-6-17(21)19(12-15)25-2/h3-12,20-21H,13H2,1-2H3/b9-7+,10-8?. The van der Waals surface area contributed by atoms with Gasteiger partial charge in [-0.3, -0.25) is 8.42 Å². The van der Waals surface area contributed by atoms with Crippen LogP contribution in [0.2, 0.25) is 0 Å². The van der Waals surface area contributed by atoms with Crippen molar-refractivity contribution in [1.82, 2.24) is 0 Å². The van der Waals surface area contributed by atoms with Gasteiger partial charge in [-0.05, 0) is 47.5 Å². The van der Waals surface area contributed by atoms with E-state index in [0.717, 1.165) is 0 Å². The summed E-state index contributed by atoms with van der Waals surface area (Å²) in [4.78, 5) is 0. The van der Waals surface area contributed by atoms with Crippen LogP contribution in [-0.4, -0.2) is 37.9 Å². The lowest BCUT2D eigenvalue weighted by molar-refractivity contribution is 0.373. The van der Waals surface area contributed by atoms with Gasteiger partial charge in [0.25, 0.3) is 0 Å². The molecule has 2 atom stereocenters. The van der Waals surface area contributed by atoms with Gasteiger partial charge in [-0.25, -0.2) is 0 Å². The van der Waals surface area contributed by atoms with Crippen molar-refractivity contribution in [1.29, 1.82) is 0 Å². The van der Waals surface area contributed by atoms with E-state index < -0.39 is 21.6 Å². The Balaban J connectivity index is 1.96. The van der Waals surface area contributed by atoms with Crippen LogP contribution in [0.5, 0.6) is 23.0 Å². The minimum atomic E-state index is -1.43. The molecular weight excluding hydrogens is 388 g/mol. The van der Waals surface area contributed by atoms with E-state index in [0.29, 0.717) is 22.6 Å². The number of hydrogen-bond donors (Lipinski definition) is 2. The number of phenols is 2. The van der Waals surface area contributed by atoms with Gasteiger partial charge in [0.15, 0.2) is 23.0 Å². The highest BCUT2D eigenvalue weighted by molar-refractivity contribution is 8.04. The topological polar surface area (TPSA) is 93.1 Å². The van der Waals surface area contributed by atoms with Gasteiger partial charge in [-0.2, -0.15) is 0 Å². The smallest absolute Gasteiger partial charge is 0.161 e. The average molecular weight is 408 g/mol. The van der Waals surface area contributed by atoms with Crippen LogP contribution in [0.3, 0.4) is 0 Å². The maximum atomic E-state index is 12.1. The van der Waals surface area contributed by atoms with E-state index in [1.807, 2.05) is 0 Å². The number of ether oxygens (including phenoxy) is 2. The van der Waals surface area contributed by atoms with Crippen molar-refractivity contribution in [2.75, 3.05) is 19.3 Å². The molecule has 0 saturated carbocycles. The van der Waals surface area contributed by atoms with Gasteiger partial charge in [0.1, 0.15) is 5.08 Å². The summed E-state index contributed by atoms with van der Waals surface area (Å²) in [6.45, 7) is 0. The Kier molecular flexibility index (Phi) is 7.63. The zero-order valence-electron chi connectivity index (χ0n) is 14.8. The lowest BCUT2D eigenvalue weighted by atomic mass is 10.2. The fraction of sp³-hybridized carbons (Fsp3) is 0.158. The largest absolute Gasteiger partial charge is 0.504 e. The van der Waals surface area contributed by atoms with Gasteiger partial charge in [0, 0.05) is 10.8 Å². The maximum absolute atomic E-state index is 12.1. The predicted molar refractivity (Wildman–Crippen MR) is 109 cm³/mol. The molecule has 0 aliphatic carbocycles. The van der Waals surface area contributed by atoms with E-state index in [1.165, 1.54) is 37.2 Å². The van der Waals surface area contributed by atoms with Crippen molar-refractivity contribution in [3.8, 4) is 23.0 Å². The van der Waals surface area contributed by atoms with E-state index in [-0.39, 0.29) is 16.6 Å². The molecule has 0 amide bonds. The first-order valence-electron chi connectivity index (χ1n) is 7.77. The van der Waals surface area contributed by atoms with E-state index in [9.17, 15) is 18.6 Å². The summed E-state index contributed by atoms with van der Waals surface area (Å²) in [7, 11) is 0.0246. The second-order valence-corrected chi connectivity index (χ2v) is 8.36. The third-order valence-electron chi connectivity index (χ3n) is 3.46. The summed E-state index contributed by atoms with van der Waals surface area (Å²) in [5, 5.41) is 22.0. The third-order valence-corrected chi connectivity index (χ3v) is 6.20. The molecule has 0 aliphatic heterocycles. The van der Waals surface area contributed by atoms with Crippen molar-refractivity contribution >= 4 is 33.8 Å². The van der Waals surface area contributed by atoms with Crippen molar-refractivity contribution in [2.45, 2.75) is 0 Å². The van der Waals surface area contributed by atoms with Gasteiger partial charge in [0.05, 0.1) is 35.8 Å². The Morgan fingerprint density at radius 1 is 0.815 bits per heavy atom. The molecule has 2 aromatic rings. The van der Waals surface area contributed by atoms with Gasteiger partial charge >= 0.3 is 0 Å². The highest BCUT2D eigenvalue weighted by Crippen LogP contribution is 2.27. The summed E-state index contributed by atoms with van der Waals surface area (Å²) in [5.74, 6) is 0.679. The molecule has 0 aromatic heterocycles. The lowest BCUT2D eigenvalue weighted by Crippen LogP contribution is -1.98. The van der Waals surface area contributed by atoms with E-state index in [1.54, 1.807) is 36.4 Å². The van der Waals surface area contributed by atoms with Gasteiger partial charge < -0.3 is 19.7 Å². The number of hydrogen-bond acceptors (Lipinski definition) is 6. The minimum absolute atomic E-state index is 0.0212. The van der Waals surface area contributed by atoms with Gasteiger partial charge in [0.2, 0.25) is 0 Å². The molecule has 0 aliphatic rings. The van der Waals surface area contributed by atoms with E-state index in [4.69, 9.17) is 9.47 Å². The Hall–Kier alpha value is -2.58. The highest BCUT2D eigenvalue weighted by Gasteiger charge is 2.04. The molecule has 0 bridgehead atoms. The van der Waals surface area contributed by atoms with Crippen molar-refractivity contribution < 1.29 is 28.1 Å². The number of benzene rings is 2. The molecule has 2 aromatic carbocycles. The number of phenolic OH excluding ortho intramolecular Hbond substituents is 2. The molecule has 2 N–H and O–H groups in total. The average Bonchev–Trinajstić information content (AvgIpc) is 2.66. The summed E-state index contributed by atoms with van der Waals surface area (Å²) in [6, 6.07) is 9.49. The Morgan fingerprint density at radius 3 is 1.59 bits per heavy atom. The Bertz CT molecular complexity index is 832. The van der Waals surface area contributed by atoms with Gasteiger partial charge in [-0.1, -0.05) is 12.1 Å². The summed E-state index contributed by atoms with van der Waals surface area (Å²) in [6.07, 6.45) is 3.23. The second-order valence-electron chi connectivity index (χ2n) is 5.35. The second kappa shape index (κ2) is 9.94. The zero-order chi connectivity index (χ0) is 19.8. The molecule has 27 heavy (non-hydrogen) atoms. The first-order valence-corrected chi connectivity index (χ1v) is 10.5.